The van der Waals surface area contributed by atoms with Gasteiger partial charge in [-0.1, -0.05) is 11.6 Å². The van der Waals surface area contributed by atoms with Gasteiger partial charge in [-0.2, -0.15) is 0 Å². The molecule has 0 unspecified atom stereocenters. The van der Waals surface area contributed by atoms with Crippen LogP contribution in [0.15, 0.2) is 17.0 Å². The molecule has 2 N–H and O–H groups in total. The molecule has 0 spiro atoms. The number of nitrogens with one attached hydrogen (secondary N) is 2. The molecule has 1 aromatic rings. The zero-order valence-corrected chi connectivity index (χ0v) is 9.65. The predicted octanol–water partition coefficient (Wildman–Crippen LogP) is 1.17. The van der Waals surface area contributed by atoms with Crippen LogP contribution in [0.4, 0.5) is 10.5 Å². The number of carbonyl (C=O) groups is 1. The summed E-state index contributed by atoms with van der Waals surface area (Å²) in [4.78, 5) is 11.0. The van der Waals surface area contributed by atoms with Crippen molar-refractivity contribution >= 4 is 33.3 Å². The van der Waals surface area contributed by atoms with E-state index < -0.39 is 16.1 Å². The highest BCUT2D eigenvalue weighted by Crippen LogP contribution is 2.39. The van der Waals surface area contributed by atoms with Gasteiger partial charge in [0, 0.05) is 0 Å². The van der Waals surface area contributed by atoms with Gasteiger partial charge in [-0.05, 0) is 12.1 Å². The van der Waals surface area contributed by atoms with Crippen LogP contribution in [0.1, 0.15) is 0 Å². The van der Waals surface area contributed by atoms with Gasteiger partial charge in [-0.3, -0.25) is 0 Å². The fraction of sp³-hybridized carbons (Fsp3) is 0.125. The van der Waals surface area contributed by atoms with Crippen molar-refractivity contribution in [2.24, 2.45) is 0 Å². The van der Waals surface area contributed by atoms with Crippen LogP contribution in [0.5, 0.6) is 5.75 Å². The van der Waals surface area contributed by atoms with Crippen molar-refractivity contribution in [1.82, 2.24) is 4.72 Å². The maximum Gasteiger partial charge on any atom is 0.333 e. The van der Waals surface area contributed by atoms with Crippen LogP contribution in [-0.2, 0) is 10.0 Å². The first-order chi connectivity index (χ1) is 7.45. The number of hydrogen-bond donors (Lipinski definition) is 2. The number of ether oxygens (including phenoxy) is 1. The summed E-state index contributed by atoms with van der Waals surface area (Å²) in [5.41, 5.74) is 0.0544. The number of carbonyl (C=O) groups excluding carboxylic acids is 1. The minimum atomic E-state index is -3.84. The van der Waals surface area contributed by atoms with E-state index in [2.05, 4.69) is 5.32 Å². The number of benzene rings is 1. The highest BCUT2D eigenvalue weighted by Gasteiger charge is 2.30. The second-order valence-electron chi connectivity index (χ2n) is 3.01. The standard InChI is InChI=1S/C8H7ClN2O4S/c1-15-7-4(9)2-3-5-6(7)10-8(12)11-16(5,13)14/h2-3H,1H3,(H2,10,11,12). The first-order valence-corrected chi connectivity index (χ1v) is 6.02. The van der Waals surface area contributed by atoms with Gasteiger partial charge in [0.1, 0.15) is 10.6 Å². The van der Waals surface area contributed by atoms with Crippen LogP contribution >= 0.6 is 11.6 Å². The van der Waals surface area contributed by atoms with Gasteiger partial charge in [0.15, 0.2) is 5.75 Å². The minimum absolute atomic E-state index is 0.0544. The molecular weight excluding hydrogens is 256 g/mol. The molecule has 6 nitrogen and oxygen atoms in total. The normalized spacial score (nSPS) is 17.0. The highest BCUT2D eigenvalue weighted by atomic mass is 35.5. The lowest BCUT2D eigenvalue weighted by Crippen LogP contribution is -2.39. The summed E-state index contributed by atoms with van der Waals surface area (Å²) in [5.74, 6) is 0.123. The first-order valence-electron chi connectivity index (χ1n) is 4.16. The van der Waals surface area contributed by atoms with Crippen LogP contribution < -0.4 is 14.8 Å². The Morgan fingerprint density at radius 3 is 2.69 bits per heavy atom. The molecule has 0 aliphatic carbocycles. The molecule has 0 saturated heterocycles. The molecule has 0 radical (unpaired) electrons. The largest absolute Gasteiger partial charge is 0.493 e. The predicted molar refractivity (Wildman–Crippen MR) is 57.3 cm³/mol. The van der Waals surface area contributed by atoms with E-state index in [0.29, 0.717) is 0 Å². The maximum absolute atomic E-state index is 11.6. The molecule has 16 heavy (non-hydrogen) atoms. The molecule has 0 bridgehead atoms. The molecule has 2 amide bonds. The Hall–Kier alpha value is -1.47. The van der Waals surface area contributed by atoms with E-state index in [9.17, 15) is 13.2 Å². The van der Waals surface area contributed by atoms with Gasteiger partial charge in [-0.15, -0.1) is 0 Å². The van der Waals surface area contributed by atoms with Crippen molar-refractivity contribution in [3.05, 3.63) is 17.2 Å². The van der Waals surface area contributed by atoms with Crippen LogP contribution in [0.25, 0.3) is 0 Å². The SMILES string of the molecule is COc1c(Cl)ccc2c1NC(=O)NS2(=O)=O. The van der Waals surface area contributed by atoms with Crippen molar-refractivity contribution in [3.63, 3.8) is 0 Å². The maximum atomic E-state index is 11.6. The smallest absolute Gasteiger partial charge is 0.333 e. The molecule has 0 aromatic heterocycles. The number of fused-ring (bicyclic) bond motifs is 1. The first kappa shape index (κ1) is 11.0. The number of anilines is 1. The van der Waals surface area contributed by atoms with Gasteiger partial charge in [0.2, 0.25) is 0 Å². The Kier molecular flexibility index (Phi) is 2.43. The van der Waals surface area contributed by atoms with Crippen LogP contribution in [0.3, 0.4) is 0 Å². The van der Waals surface area contributed by atoms with Gasteiger partial charge in [0.05, 0.1) is 12.1 Å². The zero-order valence-electron chi connectivity index (χ0n) is 8.07. The zero-order chi connectivity index (χ0) is 11.9. The fourth-order valence-corrected chi connectivity index (χ4v) is 2.70. The van der Waals surface area contributed by atoms with Crippen molar-refractivity contribution in [3.8, 4) is 5.75 Å². The molecule has 2 rings (SSSR count). The summed E-state index contributed by atoms with van der Waals surface area (Å²) in [6.07, 6.45) is 0. The lowest BCUT2D eigenvalue weighted by molar-refractivity contribution is 0.256. The third-order valence-corrected chi connectivity index (χ3v) is 3.70. The van der Waals surface area contributed by atoms with Crippen LogP contribution in [0.2, 0.25) is 5.02 Å². The lowest BCUT2D eigenvalue weighted by Gasteiger charge is -2.20. The molecule has 0 saturated carbocycles. The third kappa shape index (κ3) is 1.57. The van der Waals surface area contributed by atoms with E-state index in [1.807, 2.05) is 0 Å². The molecule has 1 aliphatic heterocycles. The molecule has 1 heterocycles. The number of sulfonamides is 1. The Balaban J connectivity index is 2.77. The Bertz CT molecular complexity index is 570. The molecule has 1 aliphatic rings. The van der Waals surface area contributed by atoms with E-state index in [0.717, 1.165) is 0 Å². The fourth-order valence-electron chi connectivity index (χ4n) is 1.40. The molecule has 8 heteroatoms. The molecule has 0 atom stereocenters. The summed E-state index contributed by atoms with van der Waals surface area (Å²) in [6, 6.07) is 1.84. The molecule has 0 fully saturated rings. The molecular formula is C8H7ClN2O4S. The second kappa shape index (κ2) is 3.53. The van der Waals surface area contributed by atoms with Crippen LogP contribution in [0, 0.1) is 0 Å². The number of halogens is 1. The lowest BCUT2D eigenvalue weighted by atomic mass is 10.3. The summed E-state index contributed by atoms with van der Waals surface area (Å²) >= 11 is 5.81. The highest BCUT2D eigenvalue weighted by molar-refractivity contribution is 7.90. The van der Waals surface area contributed by atoms with E-state index in [1.165, 1.54) is 19.2 Å². The van der Waals surface area contributed by atoms with Gasteiger partial charge in [-0.25, -0.2) is 17.9 Å². The van der Waals surface area contributed by atoms with E-state index in [-0.39, 0.29) is 21.4 Å². The summed E-state index contributed by atoms with van der Waals surface area (Å²) in [6.45, 7) is 0. The third-order valence-electron chi connectivity index (χ3n) is 2.03. The van der Waals surface area contributed by atoms with Crippen molar-refractivity contribution < 1.29 is 17.9 Å². The number of urea groups is 1. The summed E-state index contributed by atoms with van der Waals surface area (Å²) in [7, 11) is -2.51. The number of methoxy groups -OCH3 is 1. The van der Waals surface area contributed by atoms with E-state index in [1.54, 1.807) is 4.72 Å². The number of hydrogen-bond acceptors (Lipinski definition) is 4. The Morgan fingerprint density at radius 1 is 1.38 bits per heavy atom. The topological polar surface area (TPSA) is 84.5 Å². The summed E-state index contributed by atoms with van der Waals surface area (Å²) < 4.78 is 29.9. The van der Waals surface area contributed by atoms with Gasteiger partial charge < -0.3 is 10.1 Å². The number of amides is 2. The van der Waals surface area contributed by atoms with Crippen molar-refractivity contribution in [2.75, 3.05) is 12.4 Å². The van der Waals surface area contributed by atoms with Gasteiger partial charge in [0.25, 0.3) is 10.0 Å². The molecule has 86 valence electrons. The van der Waals surface area contributed by atoms with E-state index >= 15 is 0 Å². The van der Waals surface area contributed by atoms with Crippen molar-refractivity contribution in [2.45, 2.75) is 4.90 Å². The quantitative estimate of drug-likeness (QED) is 0.796. The van der Waals surface area contributed by atoms with E-state index in [4.69, 9.17) is 16.3 Å². The number of rotatable bonds is 1. The van der Waals surface area contributed by atoms with Crippen LogP contribution in [-0.4, -0.2) is 21.6 Å². The average Bonchev–Trinajstić information content (AvgIpc) is 2.15. The monoisotopic (exact) mass is 262 g/mol. The Labute approximate surface area is 96.6 Å². The van der Waals surface area contributed by atoms with Crippen molar-refractivity contribution in [1.29, 1.82) is 0 Å². The minimum Gasteiger partial charge on any atom is -0.493 e. The summed E-state index contributed by atoms with van der Waals surface area (Å²) in [5, 5.41) is 2.56. The van der Waals surface area contributed by atoms with Gasteiger partial charge >= 0.3 is 6.03 Å². The Morgan fingerprint density at radius 2 is 2.06 bits per heavy atom. The molecule has 1 aromatic carbocycles. The second-order valence-corrected chi connectivity index (χ2v) is 5.07. The average molecular weight is 263 g/mol.